The average molecular weight is 557 g/mol. The van der Waals surface area contributed by atoms with Crippen LogP contribution in [0.15, 0.2) is 60.3 Å². The number of halogens is 2. The van der Waals surface area contributed by atoms with Crippen LogP contribution in [0, 0.1) is 11.6 Å². The van der Waals surface area contributed by atoms with Crippen LogP contribution in [0.2, 0.25) is 0 Å². The number of methoxy groups -OCH3 is 1. The van der Waals surface area contributed by atoms with Gasteiger partial charge in [-0.3, -0.25) is 9.63 Å². The molecule has 1 aliphatic rings. The van der Waals surface area contributed by atoms with E-state index >= 15 is 0 Å². The van der Waals surface area contributed by atoms with Gasteiger partial charge in [-0.05, 0) is 50.0 Å². The summed E-state index contributed by atoms with van der Waals surface area (Å²) in [6.45, 7) is 4.76. The molecular weight excluding hydrogens is 526 g/mol. The third kappa shape index (κ3) is 7.22. The molecule has 0 radical (unpaired) electrons. The molecule has 2 aromatic carbocycles. The number of hydrogen-bond acceptors (Lipinski definition) is 9. The fourth-order valence-corrected chi connectivity index (χ4v) is 5.14. The number of anilines is 4. The molecule has 2 heterocycles. The molecule has 3 aromatic rings. The van der Waals surface area contributed by atoms with Crippen LogP contribution in [0.5, 0.6) is 5.75 Å². The Balaban J connectivity index is 1.61. The number of ether oxygens (including phenoxy) is 1. The number of carbonyl (C=O) groups excluding carboxylic acids is 1. The van der Waals surface area contributed by atoms with Crippen LogP contribution in [0.25, 0.3) is 0 Å². The lowest BCUT2D eigenvalue weighted by atomic mass is 10.0. The van der Waals surface area contributed by atoms with E-state index in [2.05, 4.69) is 32.1 Å². The maximum absolute atomic E-state index is 13.9. The van der Waals surface area contributed by atoms with Crippen molar-refractivity contribution in [3.63, 3.8) is 0 Å². The minimum Gasteiger partial charge on any atom is -0.495 e. The maximum Gasteiger partial charge on any atom is 0.247 e. The van der Waals surface area contributed by atoms with Gasteiger partial charge in [0.1, 0.15) is 29.5 Å². The van der Waals surface area contributed by atoms with Gasteiger partial charge in [-0.1, -0.05) is 6.58 Å². The van der Waals surface area contributed by atoms with Crippen molar-refractivity contribution < 1.29 is 23.1 Å². The zero-order valence-electron chi connectivity index (χ0n) is 21.9. The smallest absolute Gasteiger partial charge is 0.247 e. The van der Waals surface area contributed by atoms with E-state index in [-0.39, 0.29) is 5.91 Å². The summed E-state index contributed by atoms with van der Waals surface area (Å²) in [6.07, 6.45) is 3.10. The topological polar surface area (TPSA) is 91.9 Å². The number of amides is 1. The van der Waals surface area contributed by atoms with E-state index in [4.69, 9.17) is 9.57 Å². The lowest BCUT2D eigenvalue weighted by molar-refractivity contribution is -0.111. The van der Waals surface area contributed by atoms with Crippen molar-refractivity contribution in [2.24, 2.45) is 0 Å². The van der Waals surface area contributed by atoms with Gasteiger partial charge in [-0.15, -0.1) is 11.8 Å². The van der Waals surface area contributed by atoms with Gasteiger partial charge in [0, 0.05) is 35.7 Å². The van der Waals surface area contributed by atoms with Crippen LogP contribution in [0.3, 0.4) is 0 Å². The second-order valence-electron chi connectivity index (χ2n) is 8.95. The molecule has 1 aromatic heterocycles. The van der Waals surface area contributed by atoms with Gasteiger partial charge in [-0.25, -0.2) is 23.8 Å². The van der Waals surface area contributed by atoms with Crippen LogP contribution in [0.4, 0.5) is 31.8 Å². The summed E-state index contributed by atoms with van der Waals surface area (Å²) in [5.74, 6) is 0.539. The fourth-order valence-electron chi connectivity index (χ4n) is 4.01. The summed E-state index contributed by atoms with van der Waals surface area (Å²) in [5.41, 5.74) is 1.60. The van der Waals surface area contributed by atoms with Crippen molar-refractivity contribution in [2.75, 3.05) is 55.8 Å². The summed E-state index contributed by atoms with van der Waals surface area (Å²) in [5, 5.41) is 7.60. The number of hydrogen-bond donors (Lipinski definition) is 2. The highest BCUT2D eigenvalue weighted by Gasteiger charge is 2.30. The minimum absolute atomic E-state index is 0.337. The van der Waals surface area contributed by atoms with Gasteiger partial charge >= 0.3 is 0 Å². The Labute approximate surface area is 230 Å². The number of nitrogens with zero attached hydrogens (tertiary/aromatic N) is 4. The summed E-state index contributed by atoms with van der Waals surface area (Å²) >= 11 is 1.59. The second kappa shape index (κ2) is 12.9. The third-order valence-corrected chi connectivity index (χ3v) is 6.89. The summed E-state index contributed by atoms with van der Waals surface area (Å²) < 4.78 is 33.4. The Morgan fingerprint density at radius 3 is 2.67 bits per heavy atom. The van der Waals surface area contributed by atoms with Gasteiger partial charge in [0.05, 0.1) is 31.1 Å². The lowest BCUT2D eigenvalue weighted by Crippen LogP contribution is -2.22. The summed E-state index contributed by atoms with van der Waals surface area (Å²) in [6, 6.07) is 8.27. The monoisotopic (exact) mass is 556 g/mol. The zero-order valence-corrected chi connectivity index (χ0v) is 22.7. The molecule has 0 aliphatic carbocycles. The van der Waals surface area contributed by atoms with Gasteiger partial charge in [0.25, 0.3) is 0 Å². The molecule has 206 valence electrons. The largest absolute Gasteiger partial charge is 0.495 e. The standard InChI is InChI=1S/C27H30F2N6O3S/c1-5-27(36)33-21-13-20(23(37-4)14-24(21)39-9-7-34(2)3)32-25-15-26(31-16-30-25)35-22(6-8-38-35)17-10-18(28)12-19(29)11-17/h5,10-16,22H,1,6-9H2,2-4H3,(H,33,36)(H,30,31,32)/t22-/m1/s1. The molecule has 1 amide bonds. The highest BCUT2D eigenvalue weighted by Crippen LogP contribution is 2.39. The molecule has 2 N–H and O–H groups in total. The highest BCUT2D eigenvalue weighted by atomic mass is 32.2. The Morgan fingerprint density at radius 1 is 1.21 bits per heavy atom. The molecule has 1 aliphatic heterocycles. The van der Waals surface area contributed by atoms with E-state index in [1.54, 1.807) is 31.0 Å². The van der Waals surface area contributed by atoms with Crippen molar-refractivity contribution in [3.05, 3.63) is 72.6 Å². The first kappa shape index (κ1) is 28.3. The van der Waals surface area contributed by atoms with Gasteiger partial charge < -0.3 is 20.3 Å². The molecule has 39 heavy (non-hydrogen) atoms. The Kier molecular flexibility index (Phi) is 9.33. The van der Waals surface area contributed by atoms with Crippen molar-refractivity contribution >= 4 is 40.7 Å². The van der Waals surface area contributed by atoms with Gasteiger partial charge in [0.2, 0.25) is 5.91 Å². The molecule has 1 atom stereocenters. The molecule has 1 fully saturated rings. The number of rotatable bonds is 11. The lowest BCUT2D eigenvalue weighted by Gasteiger charge is -2.24. The summed E-state index contributed by atoms with van der Waals surface area (Å²) in [7, 11) is 5.55. The predicted molar refractivity (Wildman–Crippen MR) is 149 cm³/mol. The van der Waals surface area contributed by atoms with Crippen molar-refractivity contribution in [1.82, 2.24) is 14.9 Å². The first-order valence-corrected chi connectivity index (χ1v) is 13.2. The quantitative estimate of drug-likeness (QED) is 0.245. The van der Waals surface area contributed by atoms with Crippen molar-refractivity contribution in [1.29, 1.82) is 0 Å². The van der Waals surface area contributed by atoms with E-state index < -0.39 is 17.7 Å². The number of nitrogens with one attached hydrogen (secondary N) is 2. The number of thioether (sulfide) groups is 1. The molecule has 0 saturated carbocycles. The normalized spacial score (nSPS) is 14.9. The highest BCUT2D eigenvalue weighted by molar-refractivity contribution is 7.99. The first-order valence-electron chi connectivity index (χ1n) is 12.2. The first-order chi connectivity index (χ1) is 18.8. The number of aromatic nitrogens is 2. The van der Waals surface area contributed by atoms with Gasteiger partial charge in [-0.2, -0.15) is 0 Å². The zero-order chi connectivity index (χ0) is 27.9. The second-order valence-corrected chi connectivity index (χ2v) is 10.1. The third-order valence-electron chi connectivity index (χ3n) is 5.86. The Bertz CT molecular complexity index is 1320. The Hall–Kier alpha value is -3.74. The molecule has 12 heteroatoms. The summed E-state index contributed by atoms with van der Waals surface area (Å²) in [4.78, 5) is 29.4. The molecular formula is C27H30F2N6O3S. The SMILES string of the molecule is C=CC(=O)Nc1cc(Nc2cc(N3OCC[C@@H]3c3cc(F)cc(F)c3)ncn2)c(OC)cc1SCCN(C)C. The minimum atomic E-state index is -0.656. The number of benzene rings is 2. The van der Waals surface area contributed by atoms with Crippen LogP contribution in [-0.2, 0) is 9.63 Å². The van der Waals surface area contributed by atoms with E-state index in [0.29, 0.717) is 47.4 Å². The van der Waals surface area contributed by atoms with E-state index in [9.17, 15) is 13.6 Å². The fraction of sp³-hybridized carbons (Fsp3) is 0.296. The number of carbonyl (C=O) groups is 1. The van der Waals surface area contributed by atoms with Crippen LogP contribution in [0.1, 0.15) is 18.0 Å². The molecule has 1 saturated heterocycles. The molecule has 0 bridgehead atoms. The van der Waals surface area contributed by atoms with Crippen LogP contribution < -0.4 is 20.4 Å². The molecule has 0 unspecified atom stereocenters. The predicted octanol–water partition coefficient (Wildman–Crippen LogP) is 5.17. The van der Waals surface area contributed by atoms with E-state index in [1.165, 1.54) is 29.6 Å². The van der Waals surface area contributed by atoms with Crippen LogP contribution >= 0.6 is 11.8 Å². The van der Waals surface area contributed by atoms with Crippen molar-refractivity contribution in [3.8, 4) is 5.75 Å². The van der Waals surface area contributed by atoms with Crippen molar-refractivity contribution in [2.45, 2.75) is 17.4 Å². The van der Waals surface area contributed by atoms with E-state index in [1.807, 2.05) is 20.2 Å². The molecule has 9 nitrogen and oxygen atoms in total. The Morgan fingerprint density at radius 2 is 1.97 bits per heavy atom. The molecule has 0 spiro atoms. The molecule has 4 rings (SSSR count). The van der Waals surface area contributed by atoms with Crippen LogP contribution in [-0.4, -0.2) is 60.9 Å². The number of hydroxylamine groups is 1. The average Bonchev–Trinajstić information content (AvgIpc) is 3.39. The van der Waals surface area contributed by atoms with Gasteiger partial charge in [0.15, 0.2) is 5.82 Å². The maximum atomic E-state index is 13.9. The van der Waals surface area contributed by atoms with E-state index in [0.717, 1.165) is 23.3 Å².